The number of benzene rings is 1. The van der Waals surface area contributed by atoms with Crippen LogP contribution in [0.5, 0.6) is 0 Å². The van der Waals surface area contributed by atoms with Crippen LogP contribution in [-0.2, 0) is 6.42 Å². The van der Waals surface area contributed by atoms with E-state index in [9.17, 15) is 4.79 Å². The largest absolute Gasteiger partial charge is 0.341 e. The van der Waals surface area contributed by atoms with Crippen molar-refractivity contribution in [1.82, 2.24) is 10.6 Å². The Morgan fingerprint density at radius 2 is 1.95 bits per heavy atom. The number of hydrogen-bond acceptors (Lipinski definition) is 2. The number of carbonyl (C=O) groups excluding carboxylic acids is 1. The molecule has 0 radical (unpaired) electrons. The molecular weight excluding hydrogens is 262 g/mol. The Hall–Kier alpha value is -1.55. The predicted octanol–water partition coefficient (Wildman–Crippen LogP) is 3.78. The molecule has 0 aliphatic heterocycles. The monoisotopic (exact) mass is 293 g/mol. The van der Waals surface area contributed by atoms with Crippen molar-refractivity contribution < 1.29 is 4.79 Å². The summed E-state index contributed by atoms with van der Waals surface area (Å²) >= 11 is 0. The average Bonchev–Trinajstić information content (AvgIpc) is 2.53. The summed E-state index contributed by atoms with van der Waals surface area (Å²) in [5, 5.41) is 8.60. The molecule has 0 saturated heterocycles. The van der Waals surface area contributed by atoms with Crippen LogP contribution in [0, 0.1) is 0 Å². The molecule has 0 aromatic heterocycles. The Labute approximate surface area is 129 Å². The van der Waals surface area contributed by atoms with Gasteiger partial charge in [-0.05, 0) is 50.4 Å². The summed E-state index contributed by atoms with van der Waals surface area (Å²) in [5.74, 6) is 0. The molecule has 0 aliphatic carbocycles. The minimum Gasteiger partial charge on any atom is -0.341 e. The molecule has 2 amide bonds. The number of anilines is 1. The Bertz CT molecular complexity index is 393. The lowest BCUT2D eigenvalue weighted by atomic mass is 10.1. The van der Waals surface area contributed by atoms with E-state index in [1.54, 1.807) is 7.05 Å². The maximum Gasteiger partial charge on any atom is 0.318 e. The van der Waals surface area contributed by atoms with Crippen LogP contribution in [-0.4, -0.2) is 25.7 Å². The Morgan fingerprint density at radius 1 is 1.24 bits per heavy atom. The Kier molecular flexibility index (Phi) is 11.3. The molecular formula is C17H31N3O. The van der Waals surface area contributed by atoms with Crippen molar-refractivity contribution in [2.45, 2.75) is 53.0 Å². The number of hydrogen-bond donors (Lipinski definition) is 3. The van der Waals surface area contributed by atoms with E-state index in [4.69, 9.17) is 0 Å². The average molecular weight is 293 g/mol. The molecule has 0 saturated carbocycles. The molecule has 1 aromatic carbocycles. The van der Waals surface area contributed by atoms with Crippen molar-refractivity contribution in [3.8, 4) is 0 Å². The first kappa shape index (κ1) is 19.4. The van der Waals surface area contributed by atoms with Crippen molar-refractivity contribution >= 4 is 11.7 Å². The second kappa shape index (κ2) is 12.2. The number of rotatable bonds is 6. The predicted molar refractivity (Wildman–Crippen MR) is 91.9 cm³/mol. The minimum atomic E-state index is -0.187. The number of carbonyl (C=O) groups is 1. The third kappa shape index (κ3) is 9.91. The SMILES string of the molecule is CCCNC(C)CC.CCc1cccc(NC(=O)NC)c1. The molecule has 4 nitrogen and oxygen atoms in total. The van der Waals surface area contributed by atoms with Crippen LogP contribution in [0.1, 0.15) is 46.1 Å². The van der Waals surface area contributed by atoms with E-state index in [1.807, 2.05) is 24.3 Å². The first-order valence-electron chi connectivity index (χ1n) is 7.88. The molecule has 0 fully saturated rings. The molecule has 0 spiro atoms. The van der Waals surface area contributed by atoms with E-state index in [2.05, 4.69) is 43.6 Å². The Balaban J connectivity index is 0.000000433. The second-order valence-electron chi connectivity index (χ2n) is 5.02. The highest BCUT2D eigenvalue weighted by Crippen LogP contribution is 2.10. The van der Waals surface area contributed by atoms with Gasteiger partial charge in [0.05, 0.1) is 0 Å². The van der Waals surface area contributed by atoms with Crippen molar-refractivity contribution in [2.75, 3.05) is 18.9 Å². The highest BCUT2D eigenvalue weighted by atomic mass is 16.2. The van der Waals surface area contributed by atoms with Gasteiger partial charge in [-0.25, -0.2) is 4.79 Å². The first-order valence-corrected chi connectivity index (χ1v) is 7.88. The van der Waals surface area contributed by atoms with Gasteiger partial charge < -0.3 is 16.0 Å². The third-order valence-corrected chi connectivity index (χ3v) is 3.18. The standard InChI is InChI=1S/C10H14N2O.C7H17N/c1-3-8-5-4-6-9(7-8)12-10(13)11-2;1-4-6-8-7(3)5-2/h4-7H,3H2,1-2H3,(H2,11,12,13);7-8H,4-6H2,1-3H3. The maximum atomic E-state index is 11.0. The molecule has 0 bridgehead atoms. The normalized spacial score (nSPS) is 11.1. The topological polar surface area (TPSA) is 53.2 Å². The first-order chi connectivity index (χ1) is 10.1. The molecule has 120 valence electrons. The van der Waals surface area contributed by atoms with Crippen LogP contribution < -0.4 is 16.0 Å². The van der Waals surface area contributed by atoms with Gasteiger partial charge in [-0.2, -0.15) is 0 Å². The fourth-order valence-corrected chi connectivity index (χ4v) is 1.60. The van der Waals surface area contributed by atoms with Gasteiger partial charge in [-0.3, -0.25) is 0 Å². The van der Waals surface area contributed by atoms with E-state index in [0.29, 0.717) is 6.04 Å². The smallest absolute Gasteiger partial charge is 0.318 e. The van der Waals surface area contributed by atoms with Crippen LogP contribution in [0.25, 0.3) is 0 Å². The van der Waals surface area contributed by atoms with Gasteiger partial charge in [0.25, 0.3) is 0 Å². The Morgan fingerprint density at radius 3 is 2.48 bits per heavy atom. The van der Waals surface area contributed by atoms with Crippen LogP contribution in [0.15, 0.2) is 24.3 Å². The van der Waals surface area contributed by atoms with Crippen molar-refractivity contribution in [2.24, 2.45) is 0 Å². The van der Waals surface area contributed by atoms with Crippen LogP contribution >= 0.6 is 0 Å². The van der Waals surface area contributed by atoms with Crippen molar-refractivity contribution in [3.05, 3.63) is 29.8 Å². The van der Waals surface area contributed by atoms with Crippen LogP contribution in [0.4, 0.5) is 10.5 Å². The van der Waals surface area contributed by atoms with Crippen LogP contribution in [0.3, 0.4) is 0 Å². The quantitative estimate of drug-likeness (QED) is 0.747. The summed E-state index contributed by atoms with van der Waals surface area (Å²) in [4.78, 5) is 11.0. The summed E-state index contributed by atoms with van der Waals surface area (Å²) in [5.41, 5.74) is 2.05. The summed E-state index contributed by atoms with van der Waals surface area (Å²) in [7, 11) is 1.60. The molecule has 0 aliphatic rings. The summed E-state index contributed by atoms with van der Waals surface area (Å²) in [6.45, 7) is 9.85. The maximum absolute atomic E-state index is 11.0. The van der Waals surface area contributed by atoms with E-state index in [-0.39, 0.29) is 6.03 Å². The highest BCUT2D eigenvalue weighted by molar-refractivity contribution is 5.89. The van der Waals surface area contributed by atoms with Gasteiger partial charge in [0.15, 0.2) is 0 Å². The zero-order chi connectivity index (χ0) is 16.1. The number of amides is 2. The van der Waals surface area contributed by atoms with Gasteiger partial charge in [0.2, 0.25) is 0 Å². The van der Waals surface area contributed by atoms with Gasteiger partial charge in [0.1, 0.15) is 0 Å². The molecule has 0 heterocycles. The lowest BCUT2D eigenvalue weighted by Gasteiger charge is -2.08. The van der Waals surface area contributed by atoms with Gasteiger partial charge in [-0.1, -0.05) is 32.9 Å². The highest BCUT2D eigenvalue weighted by Gasteiger charge is 1.98. The fraction of sp³-hybridized carbons (Fsp3) is 0.588. The lowest BCUT2D eigenvalue weighted by molar-refractivity contribution is 0.254. The van der Waals surface area contributed by atoms with Crippen molar-refractivity contribution in [3.63, 3.8) is 0 Å². The second-order valence-corrected chi connectivity index (χ2v) is 5.02. The number of nitrogens with one attached hydrogen (secondary N) is 3. The summed E-state index contributed by atoms with van der Waals surface area (Å²) in [6, 6.07) is 8.33. The zero-order valence-electron chi connectivity index (χ0n) is 14.1. The lowest BCUT2D eigenvalue weighted by Crippen LogP contribution is -2.25. The number of urea groups is 1. The molecule has 1 atom stereocenters. The van der Waals surface area contributed by atoms with Gasteiger partial charge >= 0.3 is 6.03 Å². The summed E-state index contributed by atoms with van der Waals surface area (Å²) in [6.07, 6.45) is 3.45. The van der Waals surface area contributed by atoms with E-state index in [0.717, 1.165) is 18.7 Å². The van der Waals surface area contributed by atoms with Crippen molar-refractivity contribution in [1.29, 1.82) is 0 Å². The molecule has 21 heavy (non-hydrogen) atoms. The zero-order valence-corrected chi connectivity index (χ0v) is 14.1. The molecule has 1 unspecified atom stereocenters. The van der Waals surface area contributed by atoms with Crippen LogP contribution in [0.2, 0.25) is 0 Å². The molecule has 3 N–H and O–H groups in total. The fourth-order valence-electron chi connectivity index (χ4n) is 1.60. The number of aryl methyl sites for hydroxylation is 1. The van der Waals surface area contributed by atoms with E-state index < -0.39 is 0 Å². The summed E-state index contributed by atoms with van der Waals surface area (Å²) < 4.78 is 0. The van der Waals surface area contributed by atoms with Gasteiger partial charge in [-0.15, -0.1) is 0 Å². The van der Waals surface area contributed by atoms with E-state index in [1.165, 1.54) is 18.4 Å². The van der Waals surface area contributed by atoms with E-state index >= 15 is 0 Å². The minimum absolute atomic E-state index is 0.187. The molecule has 1 aromatic rings. The molecule has 4 heteroatoms. The molecule has 1 rings (SSSR count). The third-order valence-electron chi connectivity index (χ3n) is 3.18. The van der Waals surface area contributed by atoms with Gasteiger partial charge in [0, 0.05) is 18.8 Å².